The number of rotatable bonds is 4. The van der Waals surface area contributed by atoms with Crippen molar-refractivity contribution in [3.63, 3.8) is 0 Å². The van der Waals surface area contributed by atoms with E-state index in [-0.39, 0.29) is 12.0 Å². The Labute approximate surface area is 117 Å². The summed E-state index contributed by atoms with van der Waals surface area (Å²) in [7, 11) is 0. The van der Waals surface area contributed by atoms with Crippen LogP contribution in [-0.4, -0.2) is 44.7 Å². The number of para-hydroxylation sites is 2. The van der Waals surface area contributed by atoms with Gasteiger partial charge in [-0.25, -0.2) is 4.98 Å². The third-order valence-corrected chi connectivity index (χ3v) is 3.81. The molecule has 2 heterocycles. The Balaban J connectivity index is 1.75. The first kappa shape index (κ1) is 13.1. The molecule has 0 bridgehead atoms. The minimum atomic E-state index is -0.334. The van der Waals surface area contributed by atoms with Gasteiger partial charge in [0, 0.05) is 32.5 Å². The lowest BCUT2D eigenvalue weighted by Crippen LogP contribution is -2.53. The summed E-state index contributed by atoms with van der Waals surface area (Å²) < 4.78 is 2.13. The molecule has 0 radical (unpaired) electrons. The van der Waals surface area contributed by atoms with Gasteiger partial charge in [-0.05, 0) is 12.1 Å². The first-order chi connectivity index (χ1) is 9.69. The predicted octanol–water partition coefficient (Wildman–Crippen LogP) is 1.19. The summed E-state index contributed by atoms with van der Waals surface area (Å²) in [6.45, 7) is 3.68. The average Bonchev–Trinajstić information content (AvgIpc) is 2.79. The Bertz CT molecular complexity index is 629. The fraction of sp³-hybridized carbons (Fsp3) is 0.467. The zero-order valence-corrected chi connectivity index (χ0v) is 11.6. The molecule has 1 saturated heterocycles. The van der Waals surface area contributed by atoms with E-state index in [1.165, 1.54) is 0 Å². The van der Waals surface area contributed by atoms with Crippen molar-refractivity contribution in [1.29, 1.82) is 0 Å². The number of aromatic nitrogens is 2. The molecule has 20 heavy (non-hydrogen) atoms. The highest BCUT2D eigenvalue weighted by atomic mass is 16.3. The van der Waals surface area contributed by atoms with Gasteiger partial charge in [-0.15, -0.1) is 0 Å². The summed E-state index contributed by atoms with van der Waals surface area (Å²) in [5.74, 6) is 1.12. The maximum atomic E-state index is 12.0. The fourth-order valence-corrected chi connectivity index (χ4v) is 2.67. The lowest BCUT2D eigenvalue weighted by atomic mass is 10.1. The summed E-state index contributed by atoms with van der Waals surface area (Å²) in [6, 6.07) is 8.01. The molecule has 0 saturated carbocycles. The van der Waals surface area contributed by atoms with Crippen LogP contribution in [0.4, 0.5) is 0 Å². The Hall–Kier alpha value is -1.88. The molecule has 1 aliphatic heterocycles. The zero-order chi connectivity index (χ0) is 14.1. The molecule has 0 atom stereocenters. The van der Waals surface area contributed by atoms with Crippen LogP contribution < -0.4 is 0 Å². The van der Waals surface area contributed by atoms with Crippen molar-refractivity contribution < 1.29 is 9.90 Å². The second-order valence-corrected chi connectivity index (χ2v) is 5.22. The number of carbonyl (C=O) groups excluding carboxylic acids is 1. The van der Waals surface area contributed by atoms with Crippen LogP contribution in [0.5, 0.6) is 0 Å². The van der Waals surface area contributed by atoms with Crippen molar-refractivity contribution in [2.24, 2.45) is 0 Å². The quantitative estimate of drug-likeness (QED) is 0.910. The number of hydrogen-bond donors (Lipinski definition) is 1. The molecule has 106 valence electrons. The van der Waals surface area contributed by atoms with E-state index < -0.39 is 0 Å². The number of hydrogen-bond acceptors (Lipinski definition) is 3. The number of amides is 1. The summed E-state index contributed by atoms with van der Waals surface area (Å²) in [5.41, 5.74) is 2.07. The van der Waals surface area contributed by atoms with Crippen molar-refractivity contribution >= 4 is 16.9 Å². The molecular weight excluding hydrogens is 254 g/mol. The number of aryl methyl sites for hydroxylation is 2. The van der Waals surface area contributed by atoms with Crippen LogP contribution in [0.1, 0.15) is 19.2 Å². The number of imidazole rings is 1. The molecule has 1 fully saturated rings. The standard InChI is InChI=1S/C15H19N3O2/c1-2-14-16-12-5-3-4-6-13(12)18(14)8-7-15(20)17-9-11(19)10-17/h3-6,11,19H,2,7-10H2,1H3. The van der Waals surface area contributed by atoms with E-state index in [0.717, 1.165) is 23.3 Å². The van der Waals surface area contributed by atoms with Crippen molar-refractivity contribution in [1.82, 2.24) is 14.5 Å². The van der Waals surface area contributed by atoms with E-state index in [1.807, 2.05) is 24.3 Å². The van der Waals surface area contributed by atoms with Gasteiger partial charge >= 0.3 is 0 Å². The third-order valence-electron chi connectivity index (χ3n) is 3.81. The molecule has 0 spiro atoms. The number of benzene rings is 1. The van der Waals surface area contributed by atoms with Gasteiger partial charge in [-0.3, -0.25) is 4.79 Å². The van der Waals surface area contributed by atoms with E-state index in [0.29, 0.717) is 26.1 Å². The Kier molecular flexibility index (Phi) is 3.44. The van der Waals surface area contributed by atoms with Crippen molar-refractivity contribution in [3.8, 4) is 0 Å². The lowest BCUT2D eigenvalue weighted by molar-refractivity contribution is -0.141. The maximum Gasteiger partial charge on any atom is 0.224 e. The van der Waals surface area contributed by atoms with E-state index in [1.54, 1.807) is 4.90 Å². The number of β-amino-alcohol motifs (C(OH)–C–C–N with tert-alkyl or cyclic N) is 1. The molecule has 2 aromatic rings. The van der Waals surface area contributed by atoms with Crippen molar-refractivity contribution in [2.45, 2.75) is 32.4 Å². The summed E-state index contributed by atoms with van der Waals surface area (Å²) in [5, 5.41) is 9.23. The van der Waals surface area contributed by atoms with Gasteiger partial charge in [-0.1, -0.05) is 19.1 Å². The highest BCUT2D eigenvalue weighted by molar-refractivity contribution is 5.78. The highest BCUT2D eigenvalue weighted by Gasteiger charge is 2.28. The van der Waals surface area contributed by atoms with Crippen LogP contribution in [0, 0.1) is 0 Å². The first-order valence-electron chi connectivity index (χ1n) is 7.09. The predicted molar refractivity (Wildman–Crippen MR) is 76.3 cm³/mol. The zero-order valence-electron chi connectivity index (χ0n) is 11.6. The SMILES string of the molecule is CCc1nc2ccccc2n1CCC(=O)N1CC(O)C1. The van der Waals surface area contributed by atoms with Gasteiger partial charge < -0.3 is 14.6 Å². The molecular formula is C15H19N3O2. The Morgan fingerprint density at radius 3 is 2.85 bits per heavy atom. The number of likely N-dealkylation sites (tertiary alicyclic amines) is 1. The number of aliphatic hydroxyl groups is 1. The monoisotopic (exact) mass is 273 g/mol. The topological polar surface area (TPSA) is 58.4 Å². The number of fused-ring (bicyclic) bond motifs is 1. The van der Waals surface area contributed by atoms with Gasteiger partial charge in [0.25, 0.3) is 0 Å². The van der Waals surface area contributed by atoms with Gasteiger partial charge in [0.1, 0.15) is 5.82 Å². The van der Waals surface area contributed by atoms with E-state index in [9.17, 15) is 9.90 Å². The minimum Gasteiger partial charge on any atom is -0.389 e. The molecule has 3 rings (SSSR count). The largest absolute Gasteiger partial charge is 0.389 e. The molecule has 1 N–H and O–H groups in total. The molecule has 5 nitrogen and oxygen atoms in total. The van der Waals surface area contributed by atoms with Gasteiger partial charge in [0.05, 0.1) is 17.1 Å². The average molecular weight is 273 g/mol. The maximum absolute atomic E-state index is 12.0. The van der Waals surface area contributed by atoms with E-state index in [2.05, 4.69) is 16.5 Å². The number of carbonyl (C=O) groups is 1. The molecule has 5 heteroatoms. The van der Waals surface area contributed by atoms with E-state index >= 15 is 0 Å². The van der Waals surface area contributed by atoms with Crippen LogP contribution >= 0.6 is 0 Å². The van der Waals surface area contributed by atoms with Crippen molar-refractivity contribution in [2.75, 3.05) is 13.1 Å². The second kappa shape index (κ2) is 5.25. The Morgan fingerprint density at radius 1 is 1.40 bits per heavy atom. The fourth-order valence-electron chi connectivity index (χ4n) is 2.67. The van der Waals surface area contributed by atoms with Crippen LogP contribution in [0.15, 0.2) is 24.3 Å². The normalized spacial score (nSPS) is 15.6. The Morgan fingerprint density at radius 2 is 2.15 bits per heavy atom. The summed E-state index contributed by atoms with van der Waals surface area (Å²) in [4.78, 5) is 18.3. The molecule has 1 aromatic carbocycles. The second-order valence-electron chi connectivity index (χ2n) is 5.22. The third kappa shape index (κ3) is 2.29. The first-order valence-corrected chi connectivity index (χ1v) is 7.09. The van der Waals surface area contributed by atoms with Gasteiger partial charge in [0.2, 0.25) is 5.91 Å². The molecule has 1 amide bonds. The lowest BCUT2D eigenvalue weighted by Gasteiger charge is -2.36. The number of nitrogens with zero attached hydrogens (tertiary/aromatic N) is 3. The van der Waals surface area contributed by atoms with E-state index in [4.69, 9.17) is 0 Å². The molecule has 0 unspecified atom stereocenters. The minimum absolute atomic E-state index is 0.107. The number of aliphatic hydroxyl groups excluding tert-OH is 1. The summed E-state index contributed by atoms with van der Waals surface area (Å²) >= 11 is 0. The highest BCUT2D eigenvalue weighted by Crippen LogP contribution is 2.18. The van der Waals surface area contributed by atoms with Crippen molar-refractivity contribution in [3.05, 3.63) is 30.1 Å². The van der Waals surface area contributed by atoms with Crippen LogP contribution in [0.25, 0.3) is 11.0 Å². The van der Waals surface area contributed by atoms with Crippen LogP contribution in [0.2, 0.25) is 0 Å². The van der Waals surface area contributed by atoms with Gasteiger partial charge in [-0.2, -0.15) is 0 Å². The molecule has 1 aromatic heterocycles. The molecule has 0 aliphatic carbocycles. The molecule has 1 aliphatic rings. The van der Waals surface area contributed by atoms with Gasteiger partial charge in [0.15, 0.2) is 0 Å². The summed E-state index contributed by atoms with van der Waals surface area (Å²) in [6.07, 6.45) is 0.977. The smallest absolute Gasteiger partial charge is 0.224 e. The van der Waals surface area contributed by atoms with Crippen LogP contribution in [0.3, 0.4) is 0 Å². The van der Waals surface area contributed by atoms with Crippen LogP contribution in [-0.2, 0) is 17.8 Å².